The number of nitrogens with zero attached hydrogens (tertiary/aromatic N) is 1. The Morgan fingerprint density at radius 2 is 1.80 bits per heavy atom. The molecule has 1 aliphatic carbocycles. The summed E-state index contributed by atoms with van der Waals surface area (Å²) < 4.78 is 26.1. The van der Waals surface area contributed by atoms with E-state index in [2.05, 4.69) is 15.0 Å². The molecule has 0 atom stereocenters. The molecule has 0 spiro atoms. The first kappa shape index (κ1) is 16.8. The largest absolute Gasteiger partial charge is 0.504 e. The van der Waals surface area contributed by atoms with E-state index in [1.54, 1.807) is 0 Å². The van der Waals surface area contributed by atoms with Crippen LogP contribution in [0.5, 0.6) is 17.4 Å². The first-order chi connectivity index (χ1) is 11.7. The van der Waals surface area contributed by atoms with Crippen LogP contribution >= 0.6 is 0 Å². The fraction of sp³-hybridized carbons (Fsp3) is 0.200. The lowest BCUT2D eigenvalue weighted by Gasteiger charge is -2.10. The molecule has 132 valence electrons. The second-order valence-corrected chi connectivity index (χ2v) is 7.56. The minimum absolute atomic E-state index is 0.0337. The van der Waals surface area contributed by atoms with Gasteiger partial charge in [0.15, 0.2) is 11.5 Å². The van der Waals surface area contributed by atoms with Crippen molar-refractivity contribution in [2.24, 2.45) is 0 Å². The Kier molecular flexibility index (Phi) is 4.13. The Hall–Kier alpha value is -3.01. The van der Waals surface area contributed by atoms with Crippen LogP contribution < -0.4 is 10.0 Å². The highest BCUT2D eigenvalue weighted by molar-refractivity contribution is 7.93. The Morgan fingerprint density at radius 1 is 1.08 bits per heavy atom. The first-order valence-corrected chi connectivity index (χ1v) is 8.85. The number of sulfonamides is 1. The molecular formula is C15H15N3O6S. The predicted octanol–water partition coefficient (Wildman–Crippen LogP) is 1.35. The number of aromatic nitrogens is 1. The third kappa shape index (κ3) is 3.91. The average Bonchev–Trinajstić information content (AvgIpc) is 3.35. The molecule has 5 N–H and O–H groups in total. The summed E-state index contributed by atoms with van der Waals surface area (Å²) in [5.74, 6) is -2.08. The van der Waals surface area contributed by atoms with Gasteiger partial charge >= 0.3 is 0 Å². The van der Waals surface area contributed by atoms with E-state index in [0.717, 1.165) is 12.1 Å². The zero-order valence-electron chi connectivity index (χ0n) is 12.8. The number of anilines is 2. The van der Waals surface area contributed by atoms with E-state index in [4.69, 9.17) is 0 Å². The molecule has 3 rings (SSSR count). The zero-order chi connectivity index (χ0) is 18.2. The van der Waals surface area contributed by atoms with Crippen molar-refractivity contribution in [2.45, 2.75) is 18.1 Å². The molecule has 0 radical (unpaired) electrons. The number of rotatable bonds is 5. The maximum atomic E-state index is 12.3. The number of pyridine rings is 1. The Balaban J connectivity index is 1.81. The summed E-state index contributed by atoms with van der Waals surface area (Å²) in [6.07, 6.45) is 1.12. The van der Waals surface area contributed by atoms with Gasteiger partial charge in [0.05, 0.1) is 5.25 Å². The quantitative estimate of drug-likeness (QED) is 0.396. The minimum atomic E-state index is -3.58. The van der Waals surface area contributed by atoms with Gasteiger partial charge in [0, 0.05) is 23.4 Å². The SMILES string of the molecule is O=C(Nc1ccc(O)c(O)c1)c1cc(O)nc(NS(=O)(=O)C2CC2)c1. The Labute approximate surface area is 143 Å². The molecule has 1 aliphatic rings. The van der Waals surface area contributed by atoms with Gasteiger partial charge in [-0.05, 0) is 31.0 Å². The van der Waals surface area contributed by atoms with Crippen LogP contribution in [0.2, 0.25) is 0 Å². The zero-order valence-corrected chi connectivity index (χ0v) is 13.6. The standard InChI is InChI=1S/C15H15N3O6S/c19-11-4-1-9(7-12(11)20)16-15(22)8-5-13(17-14(21)6-8)18-25(23,24)10-2-3-10/h1,4-7,10,19-20H,2-3H2,(H,16,22)(H2,17,18,21). The molecule has 1 aromatic heterocycles. The van der Waals surface area contributed by atoms with E-state index in [0.29, 0.717) is 12.8 Å². The van der Waals surface area contributed by atoms with Crippen LogP contribution in [0.1, 0.15) is 23.2 Å². The summed E-state index contributed by atoms with van der Waals surface area (Å²) in [6.45, 7) is 0. The second kappa shape index (κ2) is 6.13. The summed E-state index contributed by atoms with van der Waals surface area (Å²) in [7, 11) is -3.58. The smallest absolute Gasteiger partial charge is 0.255 e. The van der Waals surface area contributed by atoms with Gasteiger partial charge in [0.2, 0.25) is 15.9 Å². The van der Waals surface area contributed by atoms with Crippen molar-refractivity contribution in [1.29, 1.82) is 0 Å². The molecule has 1 heterocycles. The summed E-state index contributed by atoms with van der Waals surface area (Å²) in [5.41, 5.74) is 0.172. The number of nitrogens with one attached hydrogen (secondary N) is 2. The summed E-state index contributed by atoms with van der Waals surface area (Å²) in [4.78, 5) is 15.9. The van der Waals surface area contributed by atoms with Crippen molar-refractivity contribution >= 4 is 27.4 Å². The van der Waals surface area contributed by atoms with Crippen molar-refractivity contribution in [3.8, 4) is 17.4 Å². The molecule has 10 heteroatoms. The number of benzene rings is 1. The van der Waals surface area contributed by atoms with Gasteiger partial charge < -0.3 is 20.6 Å². The van der Waals surface area contributed by atoms with Crippen LogP contribution in [0.3, 0.4) is 0 Å². The topological polar surface area (TPSA) is 149 Å². The molecule has 1 amide bonds. The van der Waals surface area contributed by atoms with E-state index in [-0.39, 0.29) is 22.8 Å². The number of hydrogen-bond acceptors (Lipinski definition) is 7. The highest BCUT2D eigenvalue weighted by Crippen LogP contribution is 2.30. The lowest BCUT2D eigenvalue weighted by atomic mass is 10.2. The number of phenols is 2. The fourth-order valence-electron chi connectivity index (χ4n) is 2.11. The van der Waals surface area contributed by atoms with Crippen molar-refractivity contribution in [3.63, 3.8) is 0 Å². The molecule has 9 nitrogen and oxygen atoms in total. The maximum absolute atomic E-state index is 12.3. The Bertz CT molecular complexity index is 940. The van der Waals surface area contributed by atoms with Crippen molar-refractivity contribution in [3.05, 3.63) is 35.9 Å². The molecule has 2 aromatic rings. The van der Waals surface area contributed by atoms with E-state index in [1.165, 1.54) is 18.2 Å². The number of carbonyl (C=O) groups is 1. The number of phenolic OH excluding ortho intramolecular Hbond substituents is 2. The molecule has 25 heavy (non-hydrogen) atoms. The van der Waals surface area contributed by atoms with E-state index in [9.17, 15) is 28.5 Å². The van der Waals surface area contributed by atoms with Gasteiger partial charge in [-0.1, -0.05) is 0 Å². The molecule has 0 saturated heterocycles. The van der Waals surface area contributed by atoms with Crippen LogP contribution in [0.15, 0.2) is 30.3 Å². The molecule has 0 unspecified atom stereocenters. The van der Waals surface area contributed by atoms with Gasteiger partial charge in [-0.2, -0.15) is 4.98 Å². The van der Waals surface area contributed by atoms with E-state index < -0.39 is 32.8 Å². The fourth-order valence-corrected chi connectivity index (χ4v) is 3.43. The Morgan fingerprint density at radius 3 is 2.44 bits per heavy atom. The molecule has 1 aromatic carbocycles. The van der Waals surface area contributed by atoms with Crippen LogP contribution in [0, 0.1) is 0 Å². The number of hydrogen-bond donors (Lipinski definition) is 5. The molecular weight excluding hydrogens is 350 g/mol. The monoisotopic (exact) mass is 365 g/mol. The van der Waals surface area contributed by atoms with E-state index in [1.807, 2.05) is 0 Å². The first-order valence-electron chi connectivity index (χ1n) is 7.30. The van der Waals surface area contributed by atoms with Crippen molar-refractivity contribution in [2.75, 3.05) is 10.0 Å². The molecule has 0 bridgehead atoms. The molecule has 1 saturated carbocycles. The lowest BCUT2D eigenvalue weighted by molar-refractivity contribution is 0.102. The van der Waals surface area contributed by atoms with E-state index >= 15 is 0 Å². The third-order valence-corrected chi connectivity index (χ3v) is 5.36. The third-order valence-electron chi connectivity index (χ3n) is 3.52. The van der Waals surface area contributed by atoms with Crippen molar-refractivity contribution in [1.82, 2.24) is 4.98 Å². The molecule has 1 fully saturated rings. The van der Waals surface area contributed by atoms with Crippen LogP contribution in [0.25, 0.3) is 0 Å². The number of amides is 1. The van der Waals surface area contributed by atoms with Gasteiger partial charge in [0.25, 0.3) is 5.91 Å². The predicted molar refractivity (Wildman–Crippen MR) is 89.2 cm³/mol. The van der Waals surface area contributed by atoms with Gasteiger partial charge in [0.1, 0.15) is 5.82 Å². The number of carbonyl (C=O) groups excluding carboxylic acids is 1. The lowest BCUT2D eigenvalue weighted by Crippen LogP contribution is -2.19. The van der Waals surface area contributed by atoms with Crippen LogP contribution in [-0.2, 0) is 10.0 Å². The van der Waals surface area contributed by atoms with Crippen molar-refractivity contribution < 1.29 is 28.5 Å². The van der Waals surface area contributed by atoms with Crippen LogP contribution in [-0.4, -0.2) is 39.9 Å². The normalized spacial score (nSPS) is 14.1. The van der Waals surface area contributed by atoms with Crippen LogP contribution in [0.4, 0.5) is 11.5 Å². The summed E-state index contributed by atoms with van der Waals surface area (Å²) in [6, 6.07) is 5.97. The van der Waals surface area contributed by atoms with Gasteiger partial charge in [-0.25, -0.2) is 8.42 Å². The summed E-state index contributed by atoms with van der Waals surface area (Å²) >= 11 is 0. The second-order valence-electron chi connectivity index (χ2n) is 5.60. The molecule has 0 aliphatic heterocycles. The average molecular weight is 365 g/mol. The van der Waals surface area contributed by atoms with Gasteiger partial charge in [-0.3, -0.25) is 9.52 Å². The maximum Gasteiger partial charge on any atom is 0.255 e. The highest BCUT2D eigenvalue weighted by Gasteiger charge is 2.36. The summed E-state index contributed by atoms with van der Waals surface area (Å²) in [5, 5.41) is 30.3. The van der Waals surface area contributed by atoms with Gasteiger partial charge in [-0.15, -0.1) is 0 Å². The number of aromatic hydroxyl groups is 3. The minimum Gasteiger partial charge on any atom is -0.504 e. The highest BCUT2D eigenvalue weighted by atomic mass is 32.2.